The van der Waals surface area contributed by atoms with Crippen LogP contribution in [0.15, 0.2) is 46.6 Å². The number of hydrogen-bond acceptors (Lipinski definition) is 5. The number of sulfonamides is 1. The average molecular weight is 407 g/mol. The third-order valence-corrected chi connectivity index (χ3v) is 7.18. The summed E-state index contributed by atoms with van der Waals surface area (Å²) in [7, 11) is -3.58. The Balaban J connectivity index is 1.62. The summed E-state index contributed by atoms with van der Waals surface area (Å²) in [5.41, 5.74) is -0.103. The number of amides is 1. The molecule has 0 unspecified atom stereocenters. The van der Waals surface area contributed by atoms with Crippen LogP contribution in [0.2, 0.25) is 0 Å². The molecular formula is C20H26N2O5S. The van der Waals surface area contributed by atoms with E-state index in [2.05, 4.69) is 0 Å². The molecule has 0 atom stereocenters. The van der Waals surface area contributed by atoms with E-state index in [-0.39, 0.29) is 65.9 Å². The molecule has 8 heteroatoms. The van der Waals surface area contributed by atoms with E-state index >= 15 is 0 Å². The van der Waals surface area contributed by atoms with Gasteiger partial charge in [-0.05, 0) is 17.5 Å². The molecule has 1 saturated heterocycles. The molecule has 3 rings (SSSR count). The molecule has 0 spiro atoms. The van der Waals surface area contributed by atoms with Crippen molar-refractivity contribution < 1.29 is 23.1 Å². The van der Waals surface area contributed by atoms with Crippen LogP contribution in [0.25, 0.3) is 0 Å². The van der Waals surface area contributed by atoms with Gasteiger partial charge < -0.3 is 10.0 Å². The number of piperazine rings is 1. The fourth-order valence-corrected chi connectivity index (χ4v) is 5.15. The second-order valence-corrected chi connectivity index (χ2v) is 10.1. The van der Waals surface area contributed by atoms with Crippen LogP contribution in [-0.4, -0.2) is 60.6 Å². The summed E-state index contributed by atoms with van der Waals surface area (Å²) in [5, 5.41) is 10.2. The predicted octanol–water partition coefficient (Wildman–Crippen LogP) is 2.11. The van der Waals surface area contributed by atoms with Crippen molar-refractivity contribution in [3.63, 3.8) is 0 Å². The molecule has 1 aromatic rings. The van der Waals surface area contributed by atoms with E-state index in [1.165, 1.54) is 4.31 Å². The fraction of sp³-hybridized carbons (Fsp3) is 0.500. The van der Waals surface area contributed by atoms with Gasteiger partial charge in [0.25, 0.3) is 0 Å². The zero-order valence-electron chi connectivity index (χ0n) is 16.2. The minimum Gasteiger partial charge on any atom is -0.512 e. The fourth-order valence-electron chi connectivity index (χ4n) is 3.71. The second-order valence-electron chi connectivity index (χ2n) is 8.14. The molecule has 1 N–H and O–H groups in total. The summed E-state index contributed by atoms with van der Waals surface area (Å²) in [6.07, 6.45) is 0.555. The summed E-state index contributed by atoms with van der Waals surface area (Å²) >= 11 is 0. The molecule has 7 nitrogen and oxygen atoms in total. The van der Waals surface area contributed by atoms with Gasteiger partial charge in [0.2, 0.25) is 15.9 Å². The van der Waals surface area contributed by atoms with Gasteiger partial charge >= 0.3 is 0 Å². The Hall–Kier alpha value is -2.19. The van der Waals surface area contributed by atoms with Gasteiger partial charge in [-0.25, -0.2) is 8.42 Å². The maximum absolute atomic E-state index is 12.7. The van der Waals surface area contributed by atoms with E-state index in [9.17, 15) is 23.1 Å². The molecule has 152 valence electrons. The SMILES string of the molecule is CC1(C)CC(=O)C(CC(=O)N2CCN(S(=O)(=O)c3ccccc3)CC2)=C(O)C1. The quantitative estimate of drug-likeness (QED) is 0.826. The molecule has 28 heavy (non-hydrogen) atoms. The number of benzene rings is 1. The lowest BCUT2D eigenvalue weighted by molar-refractivity contribution is -0.133. The number of aliphatic hydroxyl groups is 1. The van der Waals surface area contributed by atoms with Crippen molar-refractivity contribution in [2.24, 2.45) is 5.41 Å². The van der Waals surface area contributed by atoms with E-state index in [0.717, 1.165) is 0 Å². The van der Waals surface area contributed by atoms with Gasteiger partial charge in [0.05, 0.1) is 11.3 Å². The van der Waals surface area contributed by atoms with Crippen LogP contribution in [0.1, 0.15) is 33.1 Å². The summed E-state index contributed by atoms with van der Waals surface area (Å²) in [6, 6.07) is 8.22. The number of nitrogens with zero attached hydrogens (tertiary/aromatic N) is 2. The lowest BCUT2D eigenvalue weighted by Crippen LogP contribution is -2.50. The minimum absolute atomic E-state index is 0.000101. The van der Waals surface area contributed by atoms with E-state index in [0.29, 0.717) is 12.8 Å². The van der Waals surface area contributed by atoms with Crippen molar-refractivity contribution in [2.75, 3.05) is 26.2 Å². The topological polar surface area (TPSA) is 95.0 Å². The Kier molecular flexibility index (Phi) is 5.63. The largest absolute Gasteiger partial charge is 0.512 e. The number of carbonyl (C=O) groups excluding carboxylic acids is 2. The van der Waals surface area contributed by atoms with E-state index in [1.807, 2.05) is 13.8 Å². The number of carbonyl (C=O) groups is 2. The Bertz CT molecular complexity index is 898. The molecular weight excluding hydrogens is 380 g/mol. The lowest BCUT2D eigenvalue weighted by Gasteiger charge is -2.35. The van der Waals surface area contributed by atoms with Crippen molar-refractivity contribution in [2.45, 2.75) is 38.0 Å². The molecule has 0 bridgehead atoms. The Morgan fingerprint density at radius 1 is 1.07 bits per heavy atom. The van der Waals surface area contributed by atoms with Gasteiger partial charge in [-0.15, -0.1) is 0 Å². The zero-order valence-corrected chi connectivity index (χ0v) is 17.0. The highest BCUT2D eigenvalue weighted by molar-refractivity contribution is 7.89. The first-order chi connectivity index (χ1) is 13.1. The first-order valence-corrected chi connectivity index (χ1v) is 10.8. The molecule has 0 aromatic heterocycles. The third kappa shape index (κ3) is 4.28. The number of allylic oxidation sites excluding steroid dienone is 1. The summed E-state index contributed by atoms with van der Waals surface area (Å²) < 4.78 is 26.7. The van der Waals surface area contributed by atoms with Gasteiger partial charge in [-0.2, -0.15) is 4.31 Å². The van der Waals surface area contributed by atoms with Crippen LogP contribution >= 0.6 is 0 Å². The zero-order chi connectivity index (χ0) is 20.5. The Morgan fingerprint density at radius 3 is 2.25 bits per heavy atom. The maximum atomic E-state index is 12.7. The number of aliphatic hydroxyl groups excluding tert-OH is 1. The summed E-state index contributed by atoms with van der Waals surface area (Å²) in [4.78, 5) is 26.7. The van der Waals surface area contributed by atoms with Crippen LogP contribution < -0.4 is 0 Å². The molecule has 1 aliphatic heterocycles. The highest BCUT2D eigenvalue weighted by Gasteiger charge is 2.35. The molecule has 0 radical (unpaired) electrons. The van der Waals surface area contributed by atoms with Gasteiger partial charge in [0.1, 0.15) is 5.76 Å². The van der Waals surface area contributed by atoms with Crippen molar-refractivity contribution in [3.8, 4) is 0 Å². The van der Waals surface area contributed by atoms with Crippen molar-refractivity contribution in [1.82, 2.24) is 9.21 Å². The summed E-state index contributed by atoms with van der Waals surface area (Å²) in [5.74, 6) is -0.446. The number of rotatable bonds is 4. The Labute approximate surface area is 165 Å². The van der Waals surface area contributed by atoms with Crippen LogP contribution in [0, 0.1) is 5.41 Å². The standard InChI is InChI=1S/C20H26N2O5S/c1-20(2)13-17(23)16(18(24)14-20)12-19(25)21-8-10-22(11-9-21)28(26,27)15-6-4-3-5-7-15/h3-7,23H,8-14H2,1-2H3. The lowest BCUT2D eigenvalue weighted by atomic mass is 9.76. The van der Waals surface area contributed by atoms with Gasteiger partial charge in [-0.3, -0.25) is 9.59 Å². The number of ketones is 1. The number of Topliss-reactive ketones (excluding diaryl/α,β-unsaturated/α-hetero) is 1. The molecule has 1 fully saturated rings. The normalized spacial score (nSPS) is 21.1. The first kappa shape index (κ1) is 20.5. The molecule has 1 amide bonds. The van der Waals surface area contributed by atoms with Gasteiger partial charge in [-0.1, -0.05) is 32.0 Å². The Morgan fingerprint density at radius 2 is 1.68 bits per heavy atom. The maximum Gasteiger partial charge on any atom is 0.243 e. The van der Waals surface area contributed by atoms with Crippen molar-refractivity contribution in [3.05, 3.63) is 41.7 Å². The third-order valence-electron chi connectivity index (χ3n) is 5.27. The first-order valence-electron chi connectivity index (χ1n) is 9.37. The van der Waals surface area contributed by atoms with Crippen LogP contribution in [0.3, 0.4) is 0 Å². The molecule has 0 saturated carbocycles. The van der Waals surface area contributed by atoms with Crippen LogP contribution in [-0.2, 0) is 19.6 Å². The minimum atomic E-state index is -3.58. The van der Waals surface area contributed by atoms with Crippen molar-refractivity contribution in [1.29, 1.82) is 0 Å². The second kappa shape index (κ2) is 7.67. The van der Waals surface area contributed by atoms with E-state index in [4.69, 9.17) is 0 Å². The summed E-state index contributed by atoms with van der Waals surface area (Å²) in [6.45, 7) is 4.75. The average Bonchev–Trinajstić information content (AvgIpc) is 2.64. The molecule has 1 aliphatic carbocycles. The van der Waals surface area contributed by atoms with Crippen LogP contribution in [0.5, 0.6) is 0 Å². The van der Waals surface area contributed by atoms with Gasteiger partial charge in [0.15, 0.2) is 5.78 Å². The molecule has 1 heterocycles. The molecule has 1 aromatic carbocycles. The smallest absolute Gasteiger partial charge is 0.243 e. The highest BCUT2D eigenvalue weighted by Crippen LogP contribution is 2.36. The highest BCUT2D eigenvalue weighted by atomic mass is 32.2. The van der Waals surface area contributed by atoms with Gasteiger partial charge in [0, 0.05) is 44.6 Å². The van der Waals surface area contributed by atoms with Crippen LogP contribution in [0.4, 0.5) is 0 Å². The van der Waals surface area contributed by atoms with Crippen molar-refractivity contribution >= 4 is 21.7 Å². The number of hydrogen-bond donors (Lipinski definition) is 1. The monoisotopic (exact) mass is 406 g/mol. The molecule has 2 aliphatic rings. The van der Waals surface area contributed by atoms with E-state index < -0.39 is 10.0 Å². The van der Waals surface area contributed by atoms with E-state index in [1.54, 1.807) is 35.2 Å². The predicted molar refractivity (Wildman–Crippen MR) is 104 cm³/mol.